The molecule has 0 bridgehead atoms. The second kappa shape index (κ2) is 7.21. The molecule has 0 saturated heterocycles. The molecule has 3 aromatic rings. The van der Waals surface area contributed by atoms with Crippen LogP contribution in [-0.4, -0.2) is 27.9 Å². The fourth-order valence-corrected chi connectivity index (χ4v) is 3.44. The molecule has 12 nitrogen and oxygen atoms in total. The van der Waals surface area contributed by atoms with Crippen molar-refractivity contribution >= 4 is 43.6 Å². The molecule has 3 aromatic carbocycles. The van der Waals surface area contributed by atoms with Gasteiger partial charge in [-0.2, -0.15) is 8.42 Å². The quantitative estimate of drug-likeness (QED) is 0.269. The van der Waals surface area contributed by atoms with Gasteiger partial charge in [-0.15, -0.1) is 10.2 Å². The van der Waals surface area contributed by atoms with E-state index in [0.29, 0.717) is 6.07 Å². The summed E-state index contributed by atoms with van der Waals surface area (Å²) in [5.41, 5.74) is -2.15. The lowest BCUT2D eigenvalue weighted by Crippen LogP contribution is -2.00. The van der Waals surface area contributed by atoms with Gasteiger partial charge in [0, 0.05) is 22.9 Å². The summed E-state index contributed by atoms with van der Waals surface area (Å²) in [4.78, 5) is 19.6. The number of nitro groups is 2. The SMILES string of the molecule is O=[N+]([O-])c1ccc(N=Nc2cc(O)c3ccccc3c2S(=O)(=O)O)c([N+](=O)[O-])c1. The molecular formula is C16H10N4O8S. The van der Waals surface area contributed by atoms with E-state index < -0.39 is 47.6 Å². The minimum Gasteiger partial charge on any atom is -0.507 e. The van der Waals surface area contributed by atoms with E-state index in [1.165, 1.54) is 24.3 Å². The Morgan fingerprint density at radius 1 is 0.862 bits per heavy atom. The lowest BCUT2D eigenvalue weighted by atomic mass is 10.1. The van der Waals surface area contributed by atoms with Crippen LogP contribution in [0.3, 0.4) is 0 Å². The number of hydrogen-bond donors (Lipinski definition) is 2. The van der Waals surface area contributed by atoms with Gasteiger partial charge >= 0.3 is 5.69 Å². The standard InChI is InChI=1S/C16H10N4O8S/c21-15-8-13(16(29(26,27)28)11-4-2-1-3-10(11)15)18-17-12-6-5-9(19(22)23)7-14(12)20(24)25/h1-8,21H,(H,26,27,28). The highest BCUT2D eigenvalue weighted by Crippen LogP contribution is 2.39. The molecule has 0 saturated carbocycles. The molecule has 0 aliphatic carbocycles. The van der Waals surface area contributed by atoms with Gasteiger partial charge in [0.1, 0.15) is 16.3 Å². The zero-order valence-electron chi connectivity index (χ0n) is 14.2. The minimum absolute atomic E-state index is 0.0397. The summed E-state index contributed by atoms with van der Waals surface area (Å²) in [7, 11) is -4.81. The first kappa shape index (κ1) is 19.8. The van der Waals surface area contributed by atoms with E-state index in [-0.39, 0.29) is 16.5 Å². The number of nitrogens with zero attached hydrogens (tertiary/aromatic N) is 4. The van der Waals surface area contributed by atoms with Gasteiger partial charge in [0.2, 0.25) is 0 Å². The number of rotatable bonds is 5. The van der Waals surface area contributed by atoms with E-state index in [2.05, 4.69) is 10.2 Å². The maximum atomic E-state index is 11.9. The second-order valence-corrected chi connectivity index (χ2v) is 7.01. The Kier molecular flexibility index (Phi) is 4.92. The summed E-state index contributed by atoms with van der Waals surface area (Å²) < 4.78 is 33.4. The monoisotopic (exact) mass is 418 g/mol. The van der Waals surface area contributed by atoms with E-state index in [9.17, 15) is 38.3 Å². The minimum atomic E-state index is -4.81. The zero-order chi connectivity index (χ0) is 21.3. The summed E-state index contributed by atoms with van der Waals surface area (Å²) >= 11 is 0. The lowest BCUT2D eigenvalue weighted by molar-refractivity contribution is -0.393. The maximum Gasteiger partial charge on any atom is 0.303 e. The number of phenolic OH excluding ortho intramolecular Hbond substituents is 1. The molecule has 0 aliphatic rings. The predicted octanol–water partition coefficient (Wildman–Crippen LogP) is 4.02. The molecule has 0 amide bonds. The molecule has 0 heterocycles. The Labute approximate surface area is 161 Å². The fourth-order valence-electron chi connectivity index (χ4n) is 2.62. The number of hydrogen-bond acceptors (Lipinski definition) is 9. The summed E-state index contributed by atoms with van der Waals surface area (Å²) in [6.45, 7) is 0. The average Bonchev–Trinajstić information content (AvgIpc) is 2.65. The van der Waals surface area contributed by atoms with Gasteiger partial charge in [0.25, 0.3) is 15.8 Å². The first-order valence-electron chi connectivity index (χ1n) is 7.66. The number of aromatic hydroxyl groups is 1. The van der Waals surface area contributed by atoms with Crippen LogP contribution in [0.25, 0.3) is 10.8 Å². The number of phenols is 1. The number of azo groups is 1. The van der Waals surface area contributed by atoms with E-state index >= 15 is 0 Å². The van der Waals surface area contributed by atoms with Crippen molar-refractivity contribution in [2.75, 3.05) is 0 Å². The topological polar surface area (TPSA) is 186 Å². The number of benzene rings is 3. The molecule has 3 rings (SSSR count). The molecule has 0 fully saturated rings. The zero-order valence-corrected chi connectivity index (χ0v) is 15.0. The molecule has 148 valence electrons. The Morgan fingerprint density at radius 2 is 1.48 bits per heavy atom. The van der Waals surface area contributed by atoms with E-state index in [0.717, 1.165) is 18.2 Å². The molecule has 0 atom stereocenters. The van der Waals surface area contributed by atoms with Crippen LogP contribution in [0.4, 0.5) is 22.7 Å². The molecule has 0 spiro atoms. The Balaban J connectivity index is 2.22. The van der Waals surface area contributed by atoms with Crippen molar-refractivity contribution in [1.29, 1.82) is 0 Å². The number of nitro benzene ring substituents is 2. The molecule has 0 radical (unpaired) electrons. The van der Waals surface area contributed by atoms with Crippen LogP contribution in [0.15, 0.2) is 63.7 Å². The second-order valence-electron chi connectivity index (χ2n) is 5.65. The van der Waals surface area contributed by atoms with Crippen LogP contribution in [-0.2, 0) is 10.1 Å². The van der Waals surface area contributed by atoms with Crippen molar-refractivity contribution in [2.24, 2.45) is 10.2 Å². The van der Waals surface area contributed by atoms with Gasteiger partial charge in [-0.05, 0) is 6.07 Å². The molecule has 13 heteroatoms. The number of fused-ring (bicyclic) bond motifs is 1. The van der Waals surface area contributed by atoms with Crippen molar-refractivity contribution in [3.63, 3.8) is 0 Å². The fraction of sp³-hybridized carbons (Fsp3) is 0. The van der Waals surface area contributed by atoms with Crippen molar-refractivity contribution in [3.8, 4) is 5.75 Å². The third-order valence-corrected chi connectivity index (χ3v) is 4.79. The first-order chi connectivity index (χ1) is 13.6. The van der Waals surface area contributed by atoms with Gasteiger partial charge < -0.3 is 5.11 Å². The van der Waals surface area contributed by atoms with Gasteiger partial charge in [-0.1, -0.05) is 24.3 Å². The summed E-state index contributed by atoms with van der Waals surface area (Å²) in [5, 5.41) is 39.4. The molecule has 29 heavy (non-hydrogen) atoms. The normalized spacial score (nSPS) is 11.8. The van der Waals surface area contributed by atoms with Crippen LogP contribution in [0.5, 0.6) is 5.75 Å². The van der Waals surface area contributed by atoms with Crippen molar-refractivity contribution in [1.82, 2.24) is 0 Å². The molecule has 0 unspecified atom stereocenters. The predicted molar refractivity (Wildman–Crippen MR) is 99.4 cm³/mol. The van der Waals surface area contributed by atoms with Crippen LogP contribution in [0, 0.1) is 20.2 Å². The Hall–Kier alpha value is -3.97. The van der Waals surface area contributed by atoms with Crippen LogP contribution in [0.2, 0.25) is 0 Å². The third kappa shape index (κ3) is 3.85. The highest BCUT2D eigenvalue weighted by molar-refractivity contribution is 7.86. The van der Waals surface area contributed by atoms with E-state index in [4.69, 9.17) is 0 Å². The highest BCUT2D eigenvalue weighted by atomic mass is 32.2. The van der Waals surface area contributed by atoms with E-state index in [1.807, 2.05) is 0 Å². The lowest BCUT2D eigenvalue weighted by Gasteiger charge is -2.08. The largest absolute Gasteiger partial charge is 0.507 e. The summed E-state index contributed by atoms with van der Waals surface area (Å²) in [5.74, 6) is -0.361. The Bertz CT molecular complexity index is 1300. The average molecular weight is 418 g/mol. The summed E-state index contributed by atoms with van der Waals surface area (Å²) in [6.07, 6.45) is 0. The van der Waals surface area contributed by atoms with Gasteiger partial charge in [-0.3, -0.25) is 24.8 Å². The Morgan fingerprint density at radius 3 is 2.07 bits per heavy atom. The van der Waals surface area contributed by atoms with Gasteiger partial charge in [0.05, 0.1) is 15.9 Å². The molecule has 0 aliphatic heterocycles. The molecule has 2 N–H and O–H groups in total. The van der Waals surface area contributed by atoms with Gasteiger partial charge in [-0.25, -0.2) is 0 Å². The van der Waals surface area contributed by atoms with Crippen molar-refractivity contribution in [2.45, 2.75) is 4.90 Å². The first-order valence-corrected chi connectivity index (χ1v) is 9.10. The van der Waals surface area contributed by atoms with Crippen molar-refractivity contribution in [3.05, 3.63) is 68.8 Å². The van der Waals surface area contributed by atoms with Crippen LogP contribution in [0.1, 0.15) is 0 Å². The van der Waals surface area contributed by atoms with Crippen LogP contribution < -0.4 is 0 Å². The molecule has 0 aromatic heterocycles. The maximum absolute atomic E-state index is 11.9. The molecular weight excluding hydrogens is 408 g/mol. The van der Waals surface area contributed by atoms with Crippen LogP contribution >= 0.6 is 0 Å². The smallest absolute Gasteiger partial charge is 0.303 e. The third-order valence-electron chi connectivity index (χ3n) is 3.84. The number of non-ortho nitro benzene ring substituents is 1. The summed E-state index contributed by atoms with van der Waals surface area (Å²) in [6, 6.07) is 9.28. The van der Waals surface area contributed by atoms with Crippen molar-refractivity contribution < 1.29 is 27.9 Å². The van der Waals surface area contributed by atoms with Gasteiger partial charge in [0.15, 0.2) is 5.69 Å². The van der Waals surface area contributed by atoms with E-state index in [1.54, 1.807) is 0 Å². The highest BCUT2D eigenvalue weighted by Gasteiger charge is 2.23.